The van der Waals surface area contributed by atoms with Gasteiger partial charge in [-0.3, -0.25) is 4.79 Å². The largest absolute Gasteiger partial charge is 0.399 e. The van der Waals surface area contributed by atoms with Gasteiger partial charge in [-0.25, -0.2) is 0 Å². The lowest BCUT2D eigenvalue weighted by Gasteiger charge is -2.06. The summed E-state index contributed by atoms with van der Waals surface area (Å²) in [5.74, 6) is 0.525. The number of carbonyl (C=O) groups excluding carboxylic acids is 1. The second kappa shape index (κ2) is 4.87. The van der Waals surface area contributed by atoms with E-state index in [0.717, 1.165) is 5.56 Å². The molecule has 0 saturated carbocycles. The molecule has 0 spiro atoms. The minimum Gasteiger partial charge on any atom is -0.399 e. The van der Waals surface area contributed by atoms with Gasteiger partial charge in [-0.15, -0.1) is 10.2 Å². The van der Waals surface area contributed by atoms with Gasteiger partial charge in [0.25, 0.3) is 5.91 Å². The number of hydrogen-bond acceptors (Lipinski definition) is 4. The van der Waals surface area contributed by atoms with E-state index in [1.54, 1.807) is 23.0 Å². The second-order valence-electron chi connectivity index (χ2n) is 4.17. The zero-order chi connectivity index (χ0) is 13.1. The Hall–Kier alpha value is -2.37. The number of anilines is 1. The van der Waals surface area contributed by atoms with Crippen LogP contribution in [0.3, 0.4) is 0 Å². The number of nitrogens with zero attached hydrogens (tertiary/aromatic N) is 3. The van der Waals surface area contributed by atoms with Gasteiger partial charge in [0, 0.05) is 18.3 Å². The molecule has 1 aromatic heterocycles. The van der Waals surface area contributed by atoms with Crippen LogP contribution in [0.2, 0.25) is 0 Å². The smallest absolute Gasteiger partial charge is 0.251 e. The lowest BCUT2D eigenvalue weighted by Crippen LogP contribution is -2.24. The summed E-state index contributed by atoms with van der Waals surface area (Å²) in [6.45, 7) is 2.24. The number of nitrogens with two attached hydrogens (primary N) is 1. The predicted octanol–water partition coefficient (Wildman–Crippen LogP) is 0.636. The lowest BCUT2D eigenvalue weighted by atomic mass is 10.1. The molecular formula is C12H15N5O. The van der Waals surface area contributed by atoms with Gasteiger partial charge in [0.2, 0.25) is 0 Å². The number of nitrogen functional groups attached to an aromatic ring is 1. The van der Waals surface area contributed by atoms with Gasteiger partial charge in [-0.1, -0.05) is 0 Å². The molecule has 0 unspecified atom stereocenters. The summed E-state index contributed by atoms with van der Waals surface area (Å²) in [5, 5.41) is 10.4. The number of aromatic nitrogens is 3. The summed E-state index contributed by atoms with van der Waals surface area (Å²) in [7, 11) is 1.83. The Morgan fingerprint density at radius 1 is 1.44 bits per heavy atom. The number of nitrogens with one attached hydrogen (secondary N) is 1. The van der Waals surface area contributed by atoms with Crippen molar-refractivity contribution >= 4 is 11.6 Å². The average Bonchev–Trinajstić information content (AvgIpc) is 2.70. The van der Waals surface area contributed by atoms with E-state index in [9.17, 15) is 4.79 Å². The van der Waals surface area contributed by atoms with Crippen LogP contribution in [0.5, 0.6) is 0 Å². The van der Waals surface area contributed by atoms with Gasteiger partial charge in [0.15, 0.2) is 5.82 Å². The molecule has 0 fully saturated rings. The van der Waals surface area contributed by atoms with Crippen molar-refractivity contribution in [1.82, 2.24) is 20.1 Å². The lowest BCUT2D eigenvalue weighted by molar-refractivity contribution is 0.0949. The molecular weight excluding hydrogens is 230 g/mol. The van der Waals surface area contributed by atoms with Crippen LogP contribution in [-0.4, -0.2) is 20.7 Å². The van der Waals surface area contributed by atoms with Crippen molar-refractivity contribution in [1.29, 1.82) is 0 Å². The standard InChI is InChI=1S/C12H15N5O/c1-8-3-9(5-10(13)4-8)12(18)14-6-11-16-15-7-17(11)2/h3-5,7H,6,13H2,1-2H3,(H,14,18). The van der Waals surface area contributed by atoms with E-state index in [1.807, 2.05) is 20.0 Å². The van der Waals surface area contributed by atoms with Gasteiger partial charge in [-0.05, 0) is 30.7 Å². The van der Waals surface area contributed by atoms with E-state index >= 15 is 0 Å². The average molecular weight is 245 g/mol. The summed E-state index contributed by atoms with van der Waals surface area (Å²) in [6.07, 6.45) is 1.59. The SMILES string of the molecule is Cc1cc(N)cc(C(=O)NCc2nncn2C)c1. The van der Waals surface area contributed by atoms with E-state index in [1.165, 1.54) is 0 Å². The number of rotatable bonds is 3. The maximum Gasteiger partial charge on any atom is 0.251 e. The molecule has 0 aliphatic heterocycles. The highest BCUT2D eigenvalue weighted by atomic mass is 16.1. The third-order valence-electron chi connectivity index (χ3n) is 2.57. The Labute approximate surface area is 105 Å². The van der Waals surface area contributed by atoms with Crippen LogP contribution in [0, 0.1) is 6.92 Å². The first kappa shape index (κ1) is 12.1. The summed E-state index contributed by atoms with van der Waals surface area (Å²) >= 11 is 0. The fourth-order valence-electron chi connectivity index (χ4n) is 1.67. The van der Waals surface area contributed by atoms with Crippen molar-refractivity contribution in [3.05, 3.63) is 41.5 Å². The number of hydrogen-bond donors (Lipinski definition) is 2. The molecule has 1 amide bonds. The van der Waals surface area contributed by atoms with E-state index in [-0.39, 0.29) is 5.91 Å². The van der Waals surface area contributed by atoms with E-state index in [4.69, 9.17) is 5.73 Å². The highest BCUT2D eigenvalue weighted by Gasteiger charge is 2.08. The quantitative estimate of drug-likeness (QED) is 0.777. The molecule has 1 aromatic carbocycles. The molecule has 0 saturated heterocycles. The molecule has 0 bridgehead atoms. The molecule has 2 aromatic rings. The second-order valence-corrected chi connectivity index (χ2v) is 4.17. The summed E-state index contributed by atoms with van der Waals surface area (Å²) in [6, 6.07) is 5.26. The maximum absolute atomic E-state index is 11.9. The Bertz CT molecular complexity index is 555. The molecule has 1 heterocycles. The third kappa shape index (κ3) is 2.65. The van der Waals surface area contributed by atoms with E-state index < -0.39 is 0 Å². The molecule has 0 radical (unpaired) electrons. The predicted molar refractivity (Wildman–Crippen MR) is 67.8 cm³/mol. The summed E-state index contributed by atoms with van der Waals surface area (Å²) in [5.41, 5.74) is 7.80. The maximum atomic E-state index is 11.9. The Morgan fingerprint density at radius 2 is 2.22 bits per heavy atom. The molecule has 0 aliphatic carbocycles. The normalized spacial score (nSPS) is 10.3. The van der Waals surface area contributed by atoms with Gasteiger partial charge in [0.1, 0.15) is 6.33 Å². The minimum atomic E-state index is -0.173. The van der Waals surface area contributed by atoms with Crippen molar-refractivity contribution in [3.63, 3.8) is 0 Å². The molecule has 94 valence electrons. The first-order valence-electron chi connectivity index (χ1n) is 5.54. The molecule has 3 N–H and O–H groups in total. The van der Waals surface area contributed by atoms with Gasteiger partial charge < -0.3 is 15.6 Å². The van der Waals surface area contributed by atoms with Gasteiger partial charge in [-0.2, -0.15) is 0 Å². The number of aryl methyl sites for hydroxylation is 2. The third-order valence-corrected chi connectivity index (χ3v) is 2.57. The number of carbonyl (C=O) groups is 1. The Balaban J connectivity index is 2.06. The van der Waals surface area contributed by atoms with Crippen LogP contribution >= 0.6 is 0 Å². The van der Waals surface area contributed by atoms with Crippen LogP contribution in [0.15, 0.2) is 24.5 Å². The van der Waals surface area contributed by atoms with Gasteiger partial charge >= 0.3 is 0 Å². The first-order valence-corrected chi connectivity index (χ1v) is 5.54. The Kier molecular flexibility index (Phi) is 3.27. The van der Waals surface area contributed by atoms with Crippen LogP contribution in [0.1, 0.15) is 21.7 Å². The first-order chi connectivity index (χ1) is 8.56. The Morgan fingerprint density at radius 3 is 2.83 bits per heavy atom. The monoisotopic (exact) mass is 245 g/mol. The zero-order valence-corrected chi connectivity index (χ0v) is 10.3. The zero-order valence-electron chi connectivity index (χ0n) is 10.3. The topological polar surface area (TPSA) is 85.8 Å². The number of benzene rings is 1. The molecule has 0 atom stereocenters. The molecule has 6 heteroatoms. The van der Waals surface area contributed by atoms with Gasteiger partial charge in [0.05, 0.1) is 6.54 Å². The molecule has 0 aliphatic rings. The number of amides is 1. The van der Waals surface area contributed by atoms with Crippen molar-refractivity contribution in [2.75, 3.05) is 5.73 Å². The van der Waals surface area contributed by atoms with Crippen LogP contribution in [0.4, 0.5) is 5.69 Å². The molecule has 18 heavy (non-hydrogen) atoms. The van der Waals surface area contributed by atoms with Crippen LogP contribution in [0.25, 0.3) is 0 Å². The van der Waals surface area contributed by atoms with Crippen molar-refractivity contribution in [2.45, 2.75) is 13.5 Å². The van der Waals surface area contributed by atoms with Crippen molar-refractivity contribution in [2.24, 2.45) is 7.05 Å². The highest BCUT2D eigenvalue weighted by Crippen LogP contribution is 2.11. The molecule has 6 nitrogen and oxygen atoms in total. The van der Waals surface area contributed by atoms with Crippen molar-refractivity contribution < 1.29 is 4.79 Å². The van der Waals surface area contributed by atoms with Crippen molar-refractivity contribution in [3.8, 4) is 0 Å². The van der Waals surface area contributed by atoms with Crippen LogP contribution < -0.4 is 11.1 Å². The fourth-order valence-corrected chi connectivity index (χ4v) is 1.67. The van der Waals surface area contributed by atoms with Crippen LogP contribution in [-0.2, 0) is 13.6 Å². The van der Waals surface area contributed by atoms with E-state index in [0.29, 0.717) is 23.6 Å². The molecule has 2 rings (SSSR count). The fraction of sp³-hybridized carbons (Fsp3) is 0.250. The minimum absolute atomic E-state index is 0.173. The summed E-state index contributed by atoms with van der Waals surface area (Å²) in [4.78, 5) is 11.9. The highest BCUT2D eigenvalue weighted by molar-refractivity contribution is 5.95. The summed E-state index contributed by atoms with van der Waals surface area (Å²) < 4.78 is 1.75. The van der Waals surface area contributed by atoms with E-state index in [2.05, 4.69) is 15.5 Å².